The maximum absolute atomic E-state index is 10.0. The molecular formula is C18H22N4O5S. The summed E-state index contributed by atoms with van der Waals surface area (Å²) in [6, 6.07) is 15.5. The van der Waals surface area contributed by atoms with Crippen LogP contribution >= 0.6 is 0 Å². The Balaban J connectivity index is 0.000000480. The van der Waals surface area contributed by atoms with Crippen LogP contribution in [0.2, 0.25) is 0 Å². The molecule has 0 saturated heterocycles. The van der Waals surface area contributed by atoms with E-state index in [1.165, 1.54) is 6.07 Å². The SMILES string of the molecule is N=C(N)C(=C(C(=N)N)c1ccccc1O)c1ccccc1.O=S(=O)(O)CCO. The molecule has 0 fully saturated rings. The molecule has 9 nitrogen and oxygen atoms in total. The number of rotatable bonds is 6. The zero-order valence-electron chi connectivity index (χ0n) is 14.8. The molecule has 0 spiro atoms. The molecule has 0 saturated carbocycles. The van der Waals surface area contributed by atoms with Crippen molar-refractivity contribution in [1.29, 1.82) is 10.8 Å². The highest BCUT2D eigenvalue weighted by atomic mass is 32.2. The highest BCUT2D eigenvalue weighted by molar-refractivity contribution is 7.85. The van der Waals surface area contributed by atoms with Crippen LogP contribution in [-0.4, -0.2) is 47.2 Å². The normalized spacial score (nSPS) is 11.6. The largest absolute Gasteiger partial charge is 0.507 e. The number of nitrogens with one attached hydrogen (secondary N) is 2. The Morgan fingerprint density at radius 3 is 1.79 bits per heavy atom. The molecule has 0 aliphatic rings. The Bertz CT molecular complexity index is 972. The summed E-state index contributed by atoms with van der Waals surface area (Å²) in [4.78, 5) is 0. The van der Waals surface area contributed by atoms with E-state index in [2.05, 4.69) is 0 Å². The van der Waals surface area contributed by atoms with Crippen molar-refractivity contribution in [2.45, 2.75) is 0 Å². The molecule has 0 bridgehead atoms. The molecule has 2 rings (SSSR count). The highest BCUT2D eigenvalue weighted by Gasteiger charge is 2.19. The van der Waals surface area contributed by atoms with Gasteiger partial charge in [-0.05, 0) is 11.6 Å². The minimum atomic E-state index is -3.92. The first-order valence-corrected chi connectivity index (χ1v) is 9.52. The van der Waals surface area contributed by atoms with Crippen molar-refractivity contribution in [2.75, 3.05) is 12.4 Å². The van der Waals surface area contributed by atoms with Gasteiger partial charge in [0.1, 0.15) is 17.4 Å². The number of phenols is 1. The molecule has 0 radical (unpaired) electrons. The third-order valence-corrected chi connectivity index (χ3v) is 4.07. The fourth-order valence-electron chi connectivity index (χ4n) is 2.25. The van der Waals surface area contributed by atoms with Crippen LogP contribution in [0.25, 0.3) is 11.1 Å². The van der Waals surface area contributed by atoms with E-state index < -0.39 is 22.5 Å². The lowest BCUT2D eigenvalue weighted by atomic mass is 9.92. The molecule has 0 amide bonds. The number of hydrogen-bond donors (Lipinski definition) is 7. The number of aliphatic hydroxyl groups is 1. The second-order valence-electron chi connectivity index (χ2n) is 5.47. The van der Waals surface area contributed by atoms with Gasteiger partial charge in [0, 0.05) is 16.7 Å². The van der Waals surface area contributed by atoms with E-state index >= 15 is 0 Å². The van der Waals surface area contributed by atoms with Crippen molar-refractivity contribution in [3.8, 4) is 5.75 Å². The van der Waals surface area contributed by atoms with Crippen LogP contribution in [-0.2, 0) is 10.1 Å². The molecule has 0 heterocycles. The third-order valence-electron chi connectivity index (χ3n) is 3.37. The van der Waals surface area contributed by atoms with Crippen LogP contribution < -0.4 is 11.5 Å². The Morgan fingerprint density at radius 1 is 0.893 bits per heavy atom. The highest BCUT2D eigenvalue weighted by Crippen LogP contribution is 2.31. The second kappa shape index (κ2) is 10.2. The first kappa shape index (κ1) is 22.8. The summed E-state index contributed by atoms with van der Waals surface area (Å²) in [6.45, 7) is -0.529. The smallest absolute Gasteiger partial charge is 0.267 e. The van der Waals surface area contributed by atoms with Gasteiger partial charge in [-0.2, -0.15) is 8.42 Å². The predicted octanol–water partition coefficient (Wildman–Crippen LogP) is 1.04. The van der Waals surface area contributed by atoms with Crippen LogP contribution in [0.15, 0.2) is 54.6 Å². The molecule has 10 heteroatoms. The third kappa shape index (κ3) is 6.83. The monoisotopic (exact) mass is 406 g/mol. The van der Waals surface area contributed by atoms with Gasteiger partial charge in [-0.3, -0.25) is 15.4 Å². The van der Waals surface area contributed by atoms with E-state index in [1.807, 2.05) is 6.07 Å². The van der Waals surface area contributed by atoms with Crippen molar-refractivity contribution >= 4 is 32.9 Å². The van der Waals surface area contributed by atoms with Gasteiger partial charge in [0.25, 0.3) is 10.1 Å². The number of aromatic hydroxyl groups is 1. The number of amidine groups is 2. The van der Waals surface area contributed by atoms with Gasteiger partial charge in [-0.25, -0.2) is 0 Å². The molecule has 2 aromatic rings. The molecule has 0 aliphatic carbocycles. The summed E-state index contributed by atoms with van der Waals surface area (Å²) in [6.07, 6.45) is 0. The quantitative estimate of drug-likeness (QED) is 0.161. The Kier molecular flexibility index (Phi) is 8.32. The van der Waals surface area contributed by atoms with E-state index in [0.717, 1.165) is 0 Å². The lowest BCUT2D eigenvalue weighted by molar-refractivity contribution is 0.315. The van der Waals surface area contributed by atoms with Crippen LogP contribution in [0.5, 0.6) is 5.75 Å². The van der Waals surface area contributed by atoms with E-state index in [4.69, 9.17) is 31.9 Å². The first-order valence-electron chi connectivity index (χ1n) is 7.91. The van der Waals surface area contributed by atoms with E-state index in [9.17, 15) is 13.5 Å². The van der Waals surface area contributed by atoms with Crippen LogP contribution in [0.1, 0.15) is 11.1 Å². The Hall–Kier alpha value is -3.21. The lowest BCUT2D eigenvalue weighted by Gasteiger charge is -2.15. The van der Waals surface area contributed by atoms with Crippen molar-refractivity contribution < 1.29 is 23.2 Å². The van der Waals surface area contributed by atoms with Gasteiger partial charge in [0.05, 0.1) is 12.4 Å². The lowest BCUT2D eigenvalue weighted by Crippen LogP contribution is -2.20. The molecule has 9 N–H and O–H groups in total. The Morgan fingerprint density at radius 2 is 1.39 bits per heavy atom. The first-order chi connectivity index (χ1) is 13.1. The fraction of sp³-hybridized carbons (Fsp3) is 0.111. The minimum Gasteiger partial charge on any atom is -0.507 e. The summed E-state index contributed by atoms with van der Waals surface area (Å²) < 4.78 is 27.1. The zero-order chi connectivity index (χ0) is 21.3. The predicted molar refractivity (Wildman–Crippen MR) is 109 cm³/mol. The van der Waals surface area contributed by atoms with Gasteiger partial charge in [0.2, 0.25) is 0 Å². The van der Waals surface area contributed by atoms with Gasteiger partial charge >= 0.3 is 0 Å². The maximum Gasteiger partial charge on any atom is 0.267 e. The molecule has 0 atom stereocenters. The minimum absolute atomic E-state index is 0.0163. The van der Waals surface area contributed by atoms with Gasteiger partial charge in [-0.1, -0.05) is 48.5 Å². The van der Waals surface area contributed by atoms with Crippen molar-refractivity contribution in [1.82, 2.24) is 0 Å². The zero-order valence-corrected chi connectivity index (χ0v) is 15.6. The average Bonchev–Trinajstić information content (AvgIpc) is 2.60. The van der Waals surface area contributed by atoms with Gasteiger partial charge < -0.3 is 21.7 Å². The van der Waals surface area contributed by atoms with Crippen LogP contribution in [0.4, 0.5) is 0 Å². The van der Waals surface area contributed by atoms with E-state index in [1.54, 1.807) is 42.5 Å². The average molecular weight is 406 g/mol. The standard InChI is InChI=1S/C16H16N4O.C2H6O4S/c17-15(18)13(10-6-2-1-3-7-10)14(16(19)20)11-8-4-5-9-12(11)21;3-1-2-7(4,5)6/h1-9,21H,(H3,17,18)(H3,19,20);3H,1-2H2,(H,4,5,6). The number of benzene rings is 2. The molecule has 0 aliphatic heterocycles. The maximum atomic E-state index is 10.0. The second-order valence-corrected chi connectivity index (χ2v) is 7.04. The summed E-state index contributed by atoms with van der Waals surface area (Å²) in [5.41, 5.74) is 13.0. The van der Waals surface area contributed by atoms with E-state index in [0.29, 0.717) is 16.7 Å². The van der Waals surface area contributed by atoms with Crippen molar-refractivity contribution in [2.24, 2.45) is 11.5 Å². The summed E-state index contributed by atoms with van der Waals surface area (Å²) in [7, 11) is -3.92. The molecular weight excluding hydrogens is 384 g/mol. The van der Waals surface area contributed by atoms with Crippen molar-refractivity contribution in [3.05, 3.63) is 65.7 Å². The molecule has 150 valence electrons. The number of hydrogen-bond acceptors (Lipinski definition) is 6. The number of para-hydroxylation sites is 1. The molecule has 0 aromatic heterocycles. The fourth-order valence-corrected chi connectivity index (χ4v) is 2.48. The number of aliphatic hydroxyl groups excluding tert-OH is 1. The van der Waals surface area contributed by atoms with Gasteiger partial charge in [-0.15, -0.1) is 0 Å². The summed E-state index contributed by atoms with van der Waals surface area (Å²) in [5.74, 6) is -1.06. The molecule has 0 unspecified atom stereocenters. The van der Waals surface area contributed by atoms with Crippen LogP contribution in [0, 0.1) is 10.8 Å². The van der Waals surface area contributed by atoms with Crippen molar-refractivity contribution in [3.63, 3.8) is 0 Å². The Labute approximate surface area is 162 Å². The summed E-state index contributed by atoms with van der Waals surface area (Å²) in [5, 5.41) is 33.5. The number of phenolic OH excluding ortho intramolecular Hbond substituents is 1. The number of nitrogens with two attached hydrogens (primary N) is 2. The molecule has 28 heavy (non-hydrogen) atoms. The van der Waals surface area contributed by atoms with Gasteiger partial charge in [0.15, 0.2) is 0 Å². The van der Waals surface area contributed by atoms with Crippen LogP contribution in [0.3, 0.4) is 0 Å². The molecule has 2 aromatic carbocycles. The topological polar surface area (TPSA) is 195 Å². The summed E-state index contributed by atoms with van der Waals surface area (Å²) >= 11 is 0. The van der Waals surface area contributed by atoms with E-state index in [-0.39, 0.29) is 23.0 Å².